The Labute approximate surface area is 112 Å². The Bertz CT molecular complexity index is 559. The molecule has 0 aromatic heterocycles. The van der Waals surface area contributed by atoms with Crippen molar-refractivity contribution in [2.75, 3.05) is 18.6 Å². The van der Waals surface area contributed by atoms with Crippen molar-refractivity contribution in [3.63, 3.8) is 0 Å². The first-order valence-corrected chi connectivity index (χ1v) is 8.03. The molecule has 2 atom stereocenters. The summed E-state index contributed by atoms with van der Waals surface area (Å²) in [6.07, 6.45) is 0.601. The third-order valence-corrected chi connectivity index (χ3v) is 5.14. The smallest absolute Gasteiger partial charge is 0.151 e. The van der Waals surface area contributed by atoms with Gasteiger partial charge >= 0.3 is 0 Å². The maximum atomic E-state index is 13.3. The molecule has 1 saturated heterocycles. The molecule has 19 heavy (non-hydrogen) atoms. The summed E-state index contributed by atoms with van der Waals surface area (Å²) in [6, 6.07) is 4.10. The normalized spacial score (nSPS) is 23.2. The fourth-order valence-electron chi connectivity index (χ4n) is 2.41. The fraction of sp³-hybridized carbons (Fsp3) is 0.538. The van der Waals surface area contributed by atoms with Crippen molar-refractivity contribution in [1.82, 2.24) is 5.32 Å². The first-order chi connectivity index (χ1) is 8.91. The van der Waals surface area contributed by atoms with Crippen LogP contribution in [0.3, 0.4) is 0 Å². The lowest BCUT2D eigenvalue weighted by atomic mass is 10.1. The molecule has 106 valence electrons. The number of hydrogen-bond acceptors (Lipinski definition) is 4. The maximum Gasteiger partial charge on any atom is 0.151 e. The molecular formula is C13H18FNO3S. The Morgan fingerprint density at radius 1 is 1.47 bits per heavy atom. The van der Waals surface area contributed by atoms with Crippen LogP contribution in [0.5, 0.6) is 5.75 Å². The van der Waals surface area contributed by atoms with Gasteiger partial charge in [0.25, 0.3) is 0 Å². The number of hydrogen-bond donors (Lipinski definition) is 1. The van der Waals surface area contributed by atoms with E-state index in [-0.39, 0.29) is 29.4 Å². The Kier molecular flexibility index (Phi) is 4.10. The van der Waals surface area contributed by atoms with E-state index in [0.717, 1.165) is 0 Å². The fourth-order valence-corrected chi connectivity index (χ4v) is 4.10. The minimum atomic E-state index is -2.91. The van der Waals surface area contributed by atoms with Gasteiger partial charge in [-0.05, 0) is 31.5 Å². The summed E-state index contributed by atoms with van der Waals surface area (Å²) in [7, 11) is -1.38. The van der Waals surface area contributed by atoms with Gasteiger partial charge in [0.2, 0.25) is 0 Å². The summed E-state index contributed by atoms with van der Waals surface area (Å²) in [4.78, 5) is 0. The molecular weight excluding hydrogens is 269 g/mol. The summed E-state index contributed by atoms with van der Waals surface area (Å²) in [6.45, 7) is 1.88. The number of sulfone groups is 1. The second kappa shape index (κ2) is 5.46. The molecule has 1 aliphatic rings. The summed E-state index contributed by atoms with van der Waals surface area (Å²) >= 11 is 0. The Hall–Kier alpha value is -1.14. The minimum absolute atomic E-state index is 0.0760. The summed E-state index contributed by atoms with van der Waals surface area (Å²) < 4.78 is 41.3. The molecule has 1 aliphatic heterocycles. The molecule has 0 spiro atoms. The molecule has 0 radical (unpaired) electrons. The van der Waals surface area contributed by atoms with E-state index in [4.69, 9.17) is 4.74 Å². The monoisotopic (exact) mass is 287 g/mol. The van der Waals surface area contributed by atoms with Crippen LogP contribution in [0.15, 0.2) is 18.2 Å². The van der Waals surface area contributed by atoms with E-state index in [1.54, 1.807) is 6.07 Å². The van der Waals surface area contributed by atoms with Gasteiger partial charge < -0.3 is 10.1 Å². The average molecular weight is 287 g/mol. The van der Waals surface area contributed by atoms with Crippen LogP contribution in [0, 0.1) is 5.82 Å². The van der Waals surface area contributed by atoms with Crippen molar-refractivity contribution in [3.05, 3.63) is 29.6 Å². The number of ether oxygens (including phenoxy) is 1. The molecule has 4 nitrogen and oxygen atoms in total. The van der Waals surface area contributed by atoms with E-state index in [2.05, 4.69) is 5.32 Å². The molecule has 1 aromatic carbocycles. The second-order valence-electron chi connectivity index (χ2n) is 4.87. The standard InChI is InChI=1S/C13H18FNO3S/c1-9(15-11-5-6-19(16,17)8-11)12-7-10(14)3-4-13(12)18-2/h3-4,7,9,11,15H,5-6,8H2,1-2H3. The van der Waals surface area contributed by atoms with Crippen molar-refractivity contribution in [2.24, 2.45) is 0 Å². The number of rotatable bonds is 4. The lowest BCUT2D eigenvalue weighted by molar-refractivity contribution is 0.394. The van der Waals surface area contributed by atoms with Crippen molar-refractivity contribution in [3.8, 4) is 5.75 Å². The van der Waals surface area contributed by atoms with Gasteiger partial charge in [-0.1, -0.05) is 0 Å². The largest absolute Gasteiger partial charge is 0.496 e. The minimum Gasteiger partial charge on any atom is -0.496 e. The van der Waals surface area contributed by atoms with Crippen LogP contribution in [-0.2, 0) is 9.84 Å². The zero-order chi connectivity index (χ0) is 14.0. The number of benzene rings is 1. The van der Waals surface area contributed by atoms with Crippen LogP contribution in [0.1, 0.15) is 24.9 Å². The average Bonchev–Trinajstić information content (AvgIpc) is 2.68. The Morgan fingerprint density at radius 2 is 2.21 bits per heavy atom. The van der Waals surface area contributed by atoms with E-state index in [1.807, 2.05) is 6.92 Å². The SMILES string of the molecule is COc1ccc(F)cc1C(C)NC1CCS(=O)(=O)C1. The van der Waals surface area contributed by atoms with Crippen LogP contribution in [0.4, 0.5) is 4.39 Å². The molecule has 1 N–H and O–H groups in total. The lowest BCUT2D eigenvalue weighted by Crippen LogP contribution is -2.32. The highest BCUT2D eigenvalue weighted by atomic mass is 32.2. The van der Waals surface area contributed by atoms with Crippen molar-refractivity contribution < 1.29 is 17.5 Å². The molecule has 0 bridgehead atoms. The van der Waals surface area contributed by atoms with Crippen LogP contribution in [-0.4, -0.2) is 33.1 Å². The molecule has 1 fully saturated rings. The maximum absolute atomic E-state index is 13.3. The third-order valence-electron chi connectivity index (χ3n) is 3.38. The van der Waals surface area contributed by atoms with Crippen molar-refractivity contribution in [2.45, 2.75) is 25.4 Å². The number of nitrogens with one attached hydrogen (secondary N) is 1. The number of methoxy groups -OCH3 is 1. The van der Waals surface area contributed by atoms with E-state index in [1.165, 1.54) is 19.2 Å². The third kappa shape index (κ3) is 3.45. The first kappa shape index (κ1) is 14.3. The molecule has 2 unspecified atom stereocenters. The van der Waals surface area contributed by atoms with Gasteiger partial charge in [-0.25, -0.2) is 12.8 Å². The quantitative estimate of drug-likeness (QED) is 0.915. The van der Waals surface area contributed by atoms with Crippen LogP contribution < -0.4 is 10.1 Å². The predicted molar refractivity (Wildman–Crippen MR) is 71.6 cm³/mol. The summed E-state index contributed by atoms with van der Waals surface area (Å²) in [5, 5.41) is 3.23. The van der Waals surface area contributed by atoms with E-state index >= 15 is 0 Å². The topological polar surface area (TPSA) is 55.4 Å². The Balaban J connectivity index is 2.12. The number of halogens is 1. The van der Waals surface area contributed by atoms with Gasteiger partial charge in [0.05, 0.1) is 18.6 Å². The first-order valence-electron chi connectivity index (χ1n) is 6.21. The van der Waals surface area contributed by atoms with Gasteiger partial charge in [-0.3, -0.25) is 0 Å². The van der Waals surface area contributed by atoms with Crippen LogP contribution >= 0.6 is 0 Å². The molecule has 6 heteroatoms. The lowest BCUT2D eigenvalue weighted by Gasteiger charge is -2.20. The zero-order valence-corrected chi connectivity index (χ0v) is 11.8. The highest BCUT2D eigenvalue weighted by Gasteiger charge is 2.29. The Morgan fingerprint density at radius 3 is 2.79 bits per heavy atom. The van der Waals surface area contributed by atoms with Gasteiger partial charge in [-0.15, -0.1) is 0 Å². The second-order valence-corrected chi connectivity index (χ2v) is 7.10. The zero-order valence-electron chi connectivity index (χ0n) is 11.0. The van der Waals surface area contributed by atoms with E-state index in [0.29, 0.717) is 17.7 Å². The predicted octanol–water partition coefficient (Wildman–Crippen LogP) is 1.67. The molecule has 0 saturated carbocycles. The molecule has 1 aromatic rings. The summed E-state index contributed by atoms with van der Waals surface area (Å²) in [5.74, 6) is 0.637. The van der Waals surface area contributed by atoms with Crippen LogP contribution in [0.2, 0.25) is 0 Å². The van der Waals surface area contributed by atoms with Gasteiger partial charge in [0.1, 0.15) is 11.6 Å². The van der Waals surface area contributed by atoms with E-state index < -0.39 is 9.84 Å². The molecule has 0 aliphatic carbocycles. The molecule has 2 rings (SSSR count). The van der Waals surface area contributed by atoms with Gasteiger partial charge in [-0.2, -0.15) is 0 Å². The van der Waals surface area contributed by atoms with Gasteiger partial charge in [0.15, 0.2) is 9.84 Å². The van der Waals surface area contributed by atoms with Gasteiger partial charge in [0, 0.05) is 17.6 Å². The van der Waals surface area contributed by atoms with Crippen molar-refractivity contribution >= 4 is 9.84 Å². The molecule has 0 amide bonds. The van der Waals surface area contributed by atoms with Crippen molar-refractivity contribution in [1.29, 1.82) is 0 Å². The molecule has 1 heterocycles. The highest BCUT2D eigenvalue weighted by molar-refractivity contribution is 7.91. The highest BCUT2D eigenvalue weighted by Crippen LogP contribution is 2.27. The van der Waals surface area contributed by atoms with Crippen LogP contribution in [0.25, 0.3) is 0 Å². The van der Waals surface area contributed by atoms with E-state index in [9.17, 15) is 12.8 Å². The summed E-state index contributed by atoms with van der Waals surface area (Å²) in [5.41, 5.74) is 0.701.